The first kappa shape index (κ1) is 16.3. The monoisotopic (exact) mass is 302 g/mol. The minimum Gasteiger partial charge on any atom is -0.323 e. The van der Waals surface area contributed by atoms with Gasteiger partial charge in [-0.15, -0.1) is 0 Å². The molecule has 0 saturated carbocycles. The van der Waals surface area contributed by atoms with Crippen molar-refractivity contribution < 1.29 is 23.0 Å². The molecule has 118 valence electrons. The van der Waals surface area contributed by atoms with E-state index in [4.69, 9.17) is 0 Å². The van der Waals surface area contributed by atoms with Gasteiger partial charge in [0.1, 0.15) is 32.7 Å². The summed E-state index contributed by atoms with van der Waals surface area (Å²) in [4.78, 5) is 2.85. The molecule has 1 aliphatic heterocycles. The normalized spacial score (nSPS) is 24.8. The number of hydrogen-bond acceptors (Lipinski definition) is 0. The van der Waals surface area contributed by atoms with Crippen molar-refractivity contribution in [2.45, 2.75) is 39.0 Å². The van der Waals surface area contributed by atoms with Crippen LogP contribution in [0.15, 0.2) is 24.3 Å². The second-order valence-electron chi connectivity index (χ2n) is 6.05. The first-order chi connectivity index (χ1) is 9.91. The molecule has 0 aliphatic carbocycles. The van der Waals surface area contributed by atoms with Crippen LogP contribution in [0, 0.1) is 0 Å². The van der Waals surface area contributed by atoms with Crippen molar-refractivity contribution in [3.8, 4) is 0 Å². The fourth-order valence-electron chi connectivity index (χ4n) is 3.10. The fraction of sp³-hybridized carbons (Fsp3) is 0.625. The van der Waals surface area contributed by atoms with Gasteiger partial charge in [0.05, 0.1) is 11.6 Å². The van der Waals surface area contributed by atoms with E-state index in [2.05, 4.69) is 13.8 Å². The van der Waals surface area contributed by atoms with Gasteiger partial charge in [-0.05, 0) is 19.4 Å². The summed E-state index contributed by atoms with van der Waals surface area (Å²) in [5.41, 5.74) is -0.0545. The summed E-state index contributed by atoms with van der Waals surface area (Å²) in [7, 11) is 0. The van der Waals surface area contributed by atoms with Gasteiger partial charge in [0.15, 0.2) is 0 Å². The van der Waals surface area contributed by atoms with Gasteiger partial charge in [-0.1, -0.05) is 25.1 Å². The van der Waals surface area contributed by atoms with Crippen LogP contribution in [-0.4, -0.2) is 32.2 Å². The Bertz CT molecular complexity index is 451. The average molecular weight is 302 g/mol. The van der Waals surface area contributed by atoms with E-state index in [9.17, 15) is 13.2 Å². The smallest absolute Gasteiger partial charge is 0.323 e. The zero-order chi connectivity index (χ0) is 15.5. The van der Waals surface area contributed by atoms with E-state index >= 15 is 0 Å². The van der Waals surface area contributed by atoms with E-state index in [-0.39, 0.29) is 0 Å². The number of alkyl halides is 3. The second kappa shape index (κ2) is 6.79. The Labute approximate surface area is 124 Å². The summed E-state index contributed by atoms with van der Waals surface area (Å²) >= 11 is 0. The van der Waals surface area contributed by atoms with Crippen LogP contribution in [-0.2, 0) is 12.7 Å². The molecule has 21 heavy (non-hydrogen) atoms. The van der Waals surface area contributed by atoms with Crippen LogP contribution in [0.2, 0.25) is 0 Å². The molecule has 0 bridgehead atoms. The summed E-state index contributed by atoms with van der Waals surface area (Å²) in [6.07, 6.45) is -3.10. The molecular formula is C16H25F3N2+2. The van der Waals surface area contributed by atoms with E-state index in [0.717, 1.165) is 32.6 Å². The van der Waals surface area contributed by atoms with Crippen LogP contribution in [0.1, 0.15) is 31.4 Å². The second-order valence-corrected chi connectivity index (χ2v) is 6.05. The molecule has 5 heteroatoms. The summed E-state index contributed by atoms with van der Waals surface area (Å²) in [5, 5.41) is 0. The Morgan fingerprint density at radius 2 is 1.71 bits per heavy atom. The lowest BCUT2D eigenvalue weighted by molar-refractivity contribution is -1.03. The van der Waals surface area contributed by atoms with Crippen molar-refractivity contribution in [2.24, 2.45) is 0 Å². The Morgan fingerprint density at radius 3 is 2.29 bits per heavy atom. The summed E-state index contributed by atoms with van der Waals surface area (Å²) in [6, 6.07) is 6.62. The maximum absolute atomic E-state index is 13.0. The van der Waals surface area contributed by atoms with E-state index in [1.165, 1.54) is 17.0 Å². The molecule has 0 unspecified atom stereocenters. The lowest BCUT2D eigenvalue weighted by Gasteiger charge is -2.33. The summed E-state index contributed by atoms with van der Waals surface area (Å²) in [6.45, 7) is 8.92. The Hall–Kier alpha value is -1.07. The van der Waals surface area contributed by atoms with Gasteiger partial charge < -0.3 is 9.80 Å². The van der Waals surface area contributed by atoms with Gasteiger partial charge in [-0.3, -0.25) is 0 Å². The van der Waals surface area contributed by atoms with Crippen LogP contribution in [0.3, 0.4) is 0 Å². The number of nitrogens with one attached hydrogen (secondary N) is 2. The van der Waals surface area contributed by atoms with E-state index in [0.29, 0.717) is 18.2 Å². The molecule has 1 saturated heterocycles. The number of piperazine rings is 1. The minimum absolute atomic E-state index is 0.423. The van der Waals surface area contributed by atoms with E-state index in [1.807, 2.05) is 0 Å². The number of benzene rings is 1. The first-order valence-electron chi connectivity index (χ1n) is 7.75. The molecule has 1 aromatic rings. The zero-order valence-electron chi connectivity index (χ0n) is 12.8. The zero-order valence-corrected chi connectivity index (χ0v) is 12.8. The highest BCUT2D eigenvalue weighted by Crippen LogP contribution is 2.31. The predicted molar refractivity (Wildman–Crippen MR) is 76.3 cm³/mol. The fourth-order valence-corrected chi connectivity index (χ4v) is 3.10. The highest BCUT2D eigenvalue weighted by molar-refractivity contribution is 5.28. The average Bonchev–Trinajstić information content (AvgIpc) is 2.47. The van der Waals surface area contributed by atoms with Crippen molar-refractivity contribution in [1.29, 1.82) is 0 Å². The van der Waals surface area contributed by atoms with Crippen LogP contribution in [0.25, 0.3) is 0 Å². The summed E-state index contributed by atoms with van der Waals surface area (Å²) in [5.74, 6) is 0. The molecule has 1 aromatic carbocycles. The largest absolute Gasteiger partial charge is 0.416 e. The highest BCUT2D eigenvalue weighted by Gasteiger charge is 2.34. The lowest BCUT2D eigenvalue weighted by Crippen LogP contribution is -3.29. The van der Waals surface area contributed by atoms with Gasteiger partial charge >= 0.3 is 6.18 Å². The Morgan fingerprint density at radius 1 is 1.10 bits per heavy atom. The van der Waals surface area contributed by atoms with Crippen LogP contribution in [0.5, 0.6) is 0 Å². The van der Waals surface area contributed by atoms with Crippen molar-refractivity contribution in [3.63, 3.8) is 0 Å². The highest BCUT2D eigenvalue weighted by atomic mass is 19.4. The minimum atomic E-state index is -4.25. The molecular weight excluding hydrogens is 277 g/mol. The van der Waals surface area contributed by atoms with Gasteiger partial charge in [-0.2, -0.15) is 13.2 Å². The molecule has 0 aromatic heterocycles. The van der Waals surface area contributed by atoms with Gasteiger partial charge in [0, 0.05) is 5.56 Å². The maximum atomic E-state index is 13.0. The maximum Gasteiger partial charge on any atom is 0.416 e. The molecule has 2 nitrogen and oxygen atoms in total. The van der Waals surface area contributed by atoms with Crippen molar-refractivity contribution >= 4 is 0 Å². The molecule has 1 heterocycles. The molecule has 0 amide bonds. The topological polar surface area (TPSA) is 8.88 Å². The third kappa shape index (κ3) is 4.20. The van der Waals surface area contributed by atoms with Crippen molar-refractivity contribution in [1.82, 2.24) is 0 Å². The van der Waals surface area contributed by atoms with Crippen molar-refractivity contribution in [2.75, 3.05) is 26.2 Å². The van der Waals surface area contributed by atoms with Gasteiger partial charge in [-0.25, -0.2) is 0 Å². The molecule has 0 spiro atoms. The Balaban J connectivity index is 1.98. The van der Waals surface area contributed by atoms with Crippen LogP contribution >= 0.6 is 0 Å². The lowest BCUT2D eigenvalue weighted by atomic mass is 10.1. The van der Waals surface area contributed by atoms with Crippen molar-refractivity contribution in [3.05, 3.63) is 35.4 Å². The Kier molecular flexibility index (Phi) is 5.27. The van der Waals surface area contributed by atoms with Gasteiger partial charge in [0.25, 0.3) is 0 Å². The first-order valence-corrected chi connectivity index (χ1v) is 7.75. The molecule has 1 aliphatic rings. The molecule has 2 N–H and O–H groups in total. The number of rotatable bonds is 4. The number of hydrogen-bond donors (Lipinski definition) is 2. The third-order valence-electron chi connectivity index (χ3n) is 4.67. The van der Waals surface area contributed by atoms with E-state index in [1.54, 1.807) is 17.0 Å². The van der Waals surface area contributed by atoms with Crippen LogP contribution < -0.4 is 9.80 Å². The molecule has 0 radical (unpaired) electrons. The molecule has 2 rings (SSSR count). The standard InChI is InChI=1S/C16H23F3N2/c1-3-13(2)21-10-8-20(9-11-21)12-14-6-4-5-7-15(14)16(17,18)19/h4-7,13H,3,8-12H2,1-2H3/p+2/t13-/m0/s1. The number of quaternary nitrogens is 2. The summed E-state index contributed by atoms with van der Waals surface area (Å²) < 4.78 is 39.0. The molecule has 1 atom stereocenters. The predicted octanol–water partition coefficient (Wildman–Crippen LogP) is 0.787. The van der Waals surface area contributed by atoms with Gasteiger partial charge in [0.2, 0.25) is 0 Å². The van der Waals surface area contributed by atoms with E-state index < -0.39 is 11.7 Å². The third-order valence-corrected chi connectivity index (χ3v) is 4.67. The number of halogens is 3. The molecule has 1 fully saturated rings. The quantitative estimate of drug-likeness (QED) is 0.814. The van der Waals surface area contributed by atoms with Crippen LogP contribution in [0.4, 0.5) is 13.2 Å². The SMILES string of the molecule is CC[C@H](C)[NH+]1CC[NH+](Cc2ccccc2C(F)(F)F)CC1.